The summed E-state index contributed by atoms with van der Waals surface area (Å²) in [6.45, 7) is 0. The molecule has 0 saturated carbocycles. The third kappa shape index (κ3) is 5.07. The van der Waals surface area contributed by atoms with Gasteiger partial charge in [0.05, 0.1) is 21.3 Å². The number of rotatable bonds is 6. The van der Waals surface area contributed by atoms with Crippen molar-refractivity contribution in [3.63, 3.8) is 0 Å². The Morgan fingerprint density at radius 1 is 1.00 bits per heavy atom. The van der Waals surface area contributed by atoms with Crippen LogP contribution in [-0.4, -0.2) is 37.3 Å². The van der Waals surface area contributed by atoms with Gasteiger partial charge in [0, 0.05) is 20.4 Å². The fraction of sp³-hybridized carbons (Fsp3) is 0.125. The van der Waals surface area contributed by atoms with E-state index in [1.807, 2.05) is 24.3 Å². The number of fused-ring (bicyclic) bond motifs is 1. The number of nitrogens with zero attached hydrogens (tertiary/aromatic N) is 1. The lowest BCUT2D eigenvalue weighted by molar-refractivity contribution is 0.0977. The van der Waals surface area contributed by atoms with E-state index in [9.17, 15) is 4.79 Å². The van der Waals surface area contributed by atoms with E-state index in [-0.39, 0.29) is 5.11 Å². The van der Waals surface area contributed by atoms with Gasteiger partial charge in [-0.3, -0.25) is 10.1 Å². The molecular weight excluding hydrogens is 569 g/mol. The zero-order valence-electron chi connectivity index (χ0n) is 18.5. The lowest BCUT2D eigenvalue weighted by Gasteiger charge is -2.14. The van der Waals surface area contributed by atoms with E-state index in [0.717, 1.165) is 9.13 Å². The number of carbonyl (C=O) groups excluding carboxylic acids is 1. The highest BCUT2D eigenvalue weighted by molar-refractivity contribution is 14.1. The molecule has 0 fully saturated rings. The van der Waals surface area contributed by atoms with E-state index in [0.29, 0.717) is 45.5 Å². The topological polar surface area (TPSA) is 94.9 Å². The molecule has 0 atom stereocenters. The number of carbonyl (C=O) groups is 1. The normalized spacial score (nSPS) is 10.6. The quantitative estimate of drug-likeness (QED) is 0.233. The molecule has 4 rings (SSSR count). The molecule has 1 aromatic heterocycles. The van der Waals surface area contributed by atoms with Gasteiger partial charge in [-0.25, -0.2) is 4.98 Å². The maximum atomic E-state index is 12.8. The van der Waals surface area contributed by atoms with E-state index in [2.05, 4.69) is 38.2 Å². The maximum Gasteiger partial charge on any atom is 0.257 e. The predicted octanol–water partition coefficient (Wildman–Crippen LogP) is 5.25. The molecule has 3 aromatic carbocycles. The third-order valence-corrected chi connectivity index (χ3v) is 5.75. The molecule has 0 aliphatic heterocycles. The van der Waals surface area contributed by atoms with Crippen molar-refractivity contribution in [1.82, 2.24) is 10.3 Å². The second kappa shape index (κ2) is 10.3. The smallest absolute Gasteiger partial charge is 0.257 e. The van der Waals surface area contributed by atoms with Gasteiger partial charge in [-0.15, -0.1) is 0 Å². The first-order chi connectivity index (χ1) is 16.4. The minimum Gasteiger partial charge on any atom is -0.493 e. The predicted molar refractivity (Wildman–Crippen MR) is 142 cm³/mol. The van der Waals surface area contributed by atoms with Crippen LogP contribution in [0.4, 0.5) is 5.69 Å². The number of methoxy groups -OCH3 is 3. The highest BCUT2D eigenvalue weighted by Gasteiger charge is 2.18. The molecule has 0 radical (unpaired) electrons. The summed E-state index contributed by atoms with van der Waals surface area (Å²) in [5.74, 6) is 1.23. The van der Waals surface area contributed by atoms with Crippen LogP contribution in [0.15, 0.2) is 59.0 Å². The minimum atomic E-state index is -0.430. The highest BCUT2D eigenvalue weighted by Crippen LogP contribution is 2.38. The summed E-state index contributed by atoms with van der Waals surface area (Å²) < 4.78 is 22.9. The number of anilines is 1. The number of thiocarbonyl (C=S) groups is 1. The molecule has 0 spiro atoms. The highest BCUT2D eigenvalue weighted by atomic mass is 127. The summed E-state index contributed by atoms with van der Waals surface area (Å²) in [6, 6.07) is 16.4. The fourth-order valence-corrected chi connectivity index (χ4v) is 4.05. The van der Waals surface area contributed by atoms with Gasteiger partial charge in [0.2, 0.25) is 11.6 Å². The van der Waals surface area contributed by atoms with E-state index in [1.54, 1.807) is 30.3 Å². The number of hydrogen-bond donors (Lipinski definition) is 2. The monoisotopic (exact) mass is 589 g/mol. The van der Waals surface area contributed by atoms with Crippen LogP contribution in [0.25, 0.3) is 22.6 Å². The van der Waals surface area contributed by atoms with Crippen LogP contribution >= 0.6 is 34.8 Å². The van der Waals surface area contributed by atoms with Gasteiger partial charge in [-0.2, -0.15) is 0 Å². The van der Waals surface area contributed by atoms with Crippen molar-refractivity contribution in [2.75, 3.05) is 26.6 Å². The number of amides is 1. The SMILES string of the molecule is COc1cc(C(=O)NC(=S)Nc2ccc3oc(-c4cccc(I)c4)nc3c2)cc(OC)c1OC. The van der Waals surface area contributed by atoms with Crippen molar-refractivity contribution >= 4 is 62.6 Å². The molecule has 174 valence electrons. The summed E-state index contributed by atoms with van der Waals surface area (Å²) in [4.78, 5) is 17.3. The second-order valence-corrected chi connectivity index (χ2v) is 8.69. The number of aromatic nitrogens is 1. The Morgan fingerprint density at radius 2 is 1.74 bits per heavy atom. The Kier molecular flexibility index (Phi) is 7.17. The lowest BCUT2D eigenvalue weighted by Crippen LogP contribution is -2.34. The van der Waals surface area contributed by atoms with Crippen molar-refractivity contribution in [2.24, 2.45) is 0 Å². The van der Waals surface area contributed by atoms with Gasteiger partial charge in [0.1, 0.15) is 5.52 Å². The number of benzene rings is 3. The van der Waals surface area contributed by atoms with E-state index in [1.165, 1.54) is 21.3 Å². The molecule has 1 amide bonds. The second-order valence-electron chi connectivity index (χ2n) is 7.03. The van der Waals surface area contributed by atoms with Crippen molar-refractivity contribution in [3.05, 3.63) is 63.7 Å². The number of hydrogen-bond acceptors (Lipinski definition) is 7. The molecule has 10 heteroatoms. The largest absolute Gasteiger partial charge is 0.493 e. The Hall–Kier alpha value is -3.38. The van der Waals surface area contributed by atoms with Crippen LogP contribution in [0, 0.1) is 3.57 Å². The molecule has 0 aliphatic rings. The Morgan fingerprint density at radius 3 is 2.38 bits per heavy atom. The molecule has 8 nitrogen and oxygen atoms in total. The van der Waals surface area contributed by atoms with E-state index >= 15 is 0 Å². The average Bonchev–Trinajstić information content (AvgIpc) is 3.26. The summed E-state index contributed by atoms with van der Waals surface area (Å²) >= 11 is 7.57. The zero-order chi connectivity index (χ0) is 24.2. The van der Waals surface area contributed by atoms with E-state index < -0.39 is 5.91 Å². The van der Waals surface area contributed by atoms with Crippen LogP contribution in [0.1, 0.15) is 10.4 Å². The first-order valence-corrected chi connectivity index (χ1v) is 11.5. The van der Waals surface area contributed by atoms with Crippen molar-refractivity contribution in [1.29, 1.82) is 0 Å². The zero-order valence-corrected chi connectivity index (χ0v) is 21.4. The minimum absolute atomic E-state index is 0.124. The van der Waals surface area contributed by atoms with Crippen LogP contribution in [0.5, 0.6) is 17.2 Å². The first-order valence-electron chi connectivity index (χ1n) is 10.0. The lowest BCUT2D eigenvalue weighted by atomic mass is 10.1. The van der Waals surface area contributed by atoms with Gasteiger partial charge < -0.3 is 23.9 Å². The maximum absolute atomic E-state index is 12.8. The molecule has 1 heterocycles. The van der Waals surface area contributed by atoms with Crippen LogP contribution < -0.4 is 24.8 Å². The third-order valence-electron chi connectivity index (χ3n) is 4.87. The van der Waals surface area contributed by atoms with Crippen LogP contribution in [0.3, 0.4) is 0 Å². The van der Waals surface area contributed by atoms with Gasteiger partial charge in [-0.1, -0.05) is 6.07 Å². The fourth-order valence-electron chi connectivity index (χ4n) is 3.30. The van der Waals surface area contributed by atoms with Gasteiger partial charge in [-0.05, 0) is 83.3 Å². The summed E-state index contributed by atoms with van der Waals surface area (Å²) in [7, 11) is 4.46. The average molecular weight is 589 g/mol. The molecule has 0 aliphatic carbocycles. The van der Waals surface area contributed by atoms with Crippen LogP contribution in [0.2, 0.25) is 0 Å². The molecular formula is C24H20IN3O5S. The molecule has 4 aromatic rings. The number of nitrogens with one attached hydrogen (secondary N) is 2. The van der Waals surface area contributed by atoms with Crippen LogP contribution in [-0.2, 0) is 0 Å². The van der Waals surface area contributed by atoms with E-state index in [4.69, 9.17) is 30.8 Å². The molecule has 0 bridgehead atoms. The van der Waals surface area contributed by atoms with Gasteiger partial charge in [0.15, 0.2) is 22.2 Å². The Bertz CT molecular complexity index is 1360. The summed E-state index contributed by atoms with van der Waals surface area (Å²) in [6.07, 6.45) is 0. The van der Waals surface area contributed by atoms with Gasteiger partial charge >= 0.3 is 0 Å². The Labute approximate surface area is 214 Å². The molecule has 2 N–H and O–H groups in total. The molecule has 0 unspecified atom stereocenters. The van der Waals surface area contributed by atoms with Gasteiger partial charge in [0.25, 0.3) is 5.91 Å². The number of oxazole rings is 1. The number of halogens is 1. The van der Waals surface area contributed by atoms with Crippen molar-refractivity contribution < 1.29 is 23.4 Å². The standard InChI is InChI=1S/C24H20IN3O5S/c1-30-19-10-14(11-20(31-2)21(19)32-3)22(29)28-24(34)26-16-7-8-18-17(12-16)27-23(33-18)13-5-4-6-15(25)9-13/h4-12H,1-3H3,(H2,26,28,29,34). The molecule has 34 heavy (non-hydrogen) atoms. The molecule has 0 saturated heterocycles. The Balaban J connectivity index is 1.49. The van der Waals surface area contributed by atoms with Crippen molar-refractivity contribution in [3.8, 4) is 28.7 Å². The summed E-state index contributed by atoms with van der Waals surface area (Å²) in [5.41, 5.74) is 3.16. The number of ether oxygens (including phenoxy) is 3. The van der Waals surface area contributed by atoms with Crippen molar-refractivity contribution in [2.45, 2.75) is 0 Å². The first kappa shape index (κ1) is 23.8. The summed E-state index contributed by atoms with van der Waals surface area (Å²) in [5, 5.41) is 5.78.